The fraction of sp³-hybridized carbons (Fsp3) is 0.350. The lowest BCUT2D eigenvalue weighted by Gasteiger charge is -2.46. The Morgan fingerprint density at radius 2 is 1.70 bits per heavy atom. The Labute approximate surface area is 169 Å². The van der Waals surface area contributed by atoms with Crippen LogP contribution in [-0.4, -0.2) is 24.0 Å². The van der Waals surface area contributed by atoms with Crippen LogP contribution in [0.5, 0.6) is 0 Å². The number of carbonyl (C=O) groups is 1. The second-order valence-corrected chi connectivity index (χ2v) is 7.52. The number of rotatable bonds is 5. The normalized spacial score (nSPS) is 21.9. The smallest absolute Gasteiger partial charge is 0.261 e. The molecule has 1 aliphatic heterocycles. The first-order valence-electron chi connectivity index (χ1n) is 8.70. The zero-order valence-corrected chi connectivity index (χ0v) is 16.9. The average molecular weight is 409 g/mol. The molecule has 144 valence electrons. The van der Waals surface area contributed by atoms with Crippen LogP contribution < -0.4 is 5.48 Å². The Bertz CT molecular complexity index is 768. The monoisotopic (exact) mass is 408 g/mol. The molecule has 1 heterocycles. The first-order chi connectivity index (χ1) is 13.0. The molecule has 0 spiro atoms. The van der Waals surface area contributed by atoms with E-state index in [2.05, 4.69) is 5.48 Å². The van der Waals surface area contributed by atoms with E-state index in [1.165, 1.54) is 0 Å². The van der Waals surface area contributed by atoms with Crippen LogP contribution in [0.25, 0.3) is 0 Å². The van der Waals surface area contributed by atoms with Crippen molar-refractivity contribution in [2.24, 2.45) is 5.92 Å². The Morgan fingerprint density at radius 3 is 2.30 bits per heavy atom. The number of amides is 1. The highest BCUT2D eigenvalue weighted by atomic mass is 35.5. The molecule has 1 aliphatic rings. The van der Waals surface area contributed by atoms with E-state index >= 15 is 0 Å². The summed E-state index contributed by atoms with van der Waals surface area (Å²) in [6.07, 6.45) is -1.23. The van der Waals surface area contributed by atoms with Gasteiger partial charge in [-0.25, -0.2) is 15.2 Å². The van der Waals surface area contributed by atoms with Crippen LogP contribution >= 0.6 is 23.2 Å². The van der Waals surface area contributed by atoms with E-state index in [9.17, 15) is 4.79 Å². The molecule has 0 bridgehead atoms. The van der Waals surface area contributed by atoms with Crippen LogP contribution in [0, 0.1) is 5.92 Å². The van der Waals surface area contributed by atoms with Gasteiger partial charge >= 0.3 is 0 Å². The molecule has 1 amide bonds. The number of hydroxylamine groups is 1. The average Bonchev–Trinajstić information content (AvgIpc) is 2.64. The van der Waals surface area contributed by atoms with E-state index in [-0.39, 0.29) is 11.8 Å². The van der Waals surface area contributed by atoms with Crippen molar-refractivity contribution in [1.29, 1.82) is 0 Å². The maximum Gasteiger partial charge on any atom is 0.261 e. The number of hydrogen-bond donors (Lipinski definition) is 1. The van der Waals surface area contributed by atoms with Gasteiger partial charge in [-0.2, -0.15) is 0 Å². The second-order valence-electron chi connectivity index (χ2n) is 6.70. The molecule has 2 aromatic carbocycles. The number of hydrogen-bond acceptors (Lipinski definition) is 4. The molecular formula is C20H22Cl2N2O3. The molecule has 0 saturated carbocycles. The third-order valence-electron chi connectivity index (χ3n) is 4.60. The Kier molecular flexibility index (Phi) is 6.40. The lowest BCUT2D eigenvalue weighted by molar-refractivity contribution is -0.231. The van der Waals surface area contributed by atoms with Crippen LogP contribution in [0.15, 0.2) is 48.5 Å². The Hall–Kier alpha value is -1.63. The summed E-state index contributed by atoms with van der Waals surface area (Å²) in [7, 11) is 1.58. The Morgan fingerprint density at radius 1 is 1.07 bits per heavy atom. The highest BCUT2D eigenvalue weighted by molar-refractivity contribution is 6.31. The Balaban J connectivity index is 2.14. The predicted octanol–water partition coefficient (Wildman–Crippen LogP) is 4.73. The predicted molar refractivity (Wildman–Crippen MR) is 105 cm³/mol. The van der Waals surface area contributed by atoms with Crippen molar-refractivity contribution >= 4 is 29.1 Å². The molecule has 0 aliphatic carbocycles. The second kappa shape index (κ2) is 8.59. The van der Waals surface area contributed by atoms with Gasteiger partial charge in [-0.15, -0.1) is 0 Å². The van der Waals surface area contributed by atoms with E-state index in [4.69, 9.17) is 32.8 Å². The van der Waals surface area contributed by atoms with E-state index in [1.807, 2.05) is 55.1 Å². The van der Waals surface area contributed by atoms with Crippen molar-refractivity contribution in [3.8, 4) is 0 Å². The zero-order valence-electron chi connectivity index (χ0n) is 15.4. The summed E-state index contributed by atoms with van der Waals surface area (Å²) < 4.78 is 5.82. The van der Waals surface area contributed by atoms with Gasteiger partial charge in [0.05, 0.1) is 6.04 Å². The van der Waals surface area contributed by atoms with E-state index in [0.717, 1.165) is 11.1 Å². The van der Waals surface area contributed by atoms with Crippen LogP contribution in [0.2, 0.25) is 10.0 Å². The molecule has 3 atom stereocenters. The number of benzene rings is 2. The summed E-state index contributed by atoms with van der Waals surface area (Å²) in [4.78, 5) is 20.2. The van der Waals surface area contributed by atoms with Crippen molar-refractivity contribution in [1.82, 2.24) is 10.4 Å². The summed E-state index contributed by atoms with van der Waals surface area (Å²) in [5, 5.41) is 1.09. The van der Waals surface area contributed by atoms with Gasteiger partial charge in [0, 0.05) is 28.3 Å². The molecular weight excluding hydrogens is 387 g/mol. The van der Waals surface area contributed by atoms with Gasteiger partial charge in [0.1, 0.15) is 6.23 Å². The largest absolute Gasteiger partial charge is 0.362 e. The fourth-order valence-electron chi connectivity index (χ4n) is 3.42. The topological polar surface area (TPSA) is 50.8 Å². The number of methoxy groups -OCH3 is 1. The van der Waals surface area contributed by atoms with Crippen molar-refractivity contribution in [2.75, 3.05) is 7.11 Å². The first kappa shape index (κ1) is 20.1. The standard InChI is InChI=1S/C20H22Cl2N2O3/c1-12(2)17-18(25)23-27-20(14-9-5-7-11-16(14)22)24(17)19(26-3)13-8-4-6-10-15(13)21/h4-12,17,19-20H,1-3H3,(H,23,25)/t17-,19?,20?/m0/s1. The molecule has 1 saturated heterocycles. The SMILES string of the molecule is COC(c1ccccc1Cl)N1C(c2ccccc2Cl)ONC(=O)[C@@H]1C(C)C. The maximum atomic E-state index is 12.6. The lowest BCUT2D eigenvalue weighted by atomic mass is 9.97. The highest BCUT2D eigenvalue weighted by Gasteiger charge is 2.45. The first-order valence-corrected chi connectivity index (χ1v) is 9.46. The molecule has 2 aromatic rings. The van der Waals surface area contributed by atoms with Crippen molar-refractivity contribution < 1.29 is 14.4 Å². The molecule has 2 unspecified atom stereocenters. The molecule has 0 radical (unpaired) electrons. The van der Waals surface area contributed by atoms with Gasteiger partial charge in [-0.1, -0.05) is 73.4 Å². The fourth-order valence-corrected chi connectivity index (χ4v) is 3.87. The minimum absolute atomic E-state index is 0.000902. The van der Waals surface area contributed by atoms with E-state index in [1.54, 1.807) is 19.2 Å². The number of halogens is 2. The summed E-state index contributed by atoms with van der Waals surface area (Å²) in [6.45, 7) is 3.96. The highest BCUT2D eigenvalue weighted by Crippen LogP contribution is 2.41. The molecule has 1 fully saturated rings. The van der Waals surface area contributed by atoms with Crippen molar-refractivity contribution in [2.45, 2.75) is 32.3 Å². The molecule has 0 aromatic heterocycles. The molecule has 3 rings (SSSR count). The number of nitrogens with zero attached hydrogens (tertiary/aromatic N) is 1. The van der Waals surface area contributed by atoms with E-state index in [0.29, 0.717) is 10.0 Å². The quantitative estimate of drug-likeness (QED) is 0.776. The maximum absolute atomic E-state index is 12.6. The number of ether oxygens (including phenoxy) is 1. The van der Waals surface area contributed by atoms with Crippen LogP contribution in [0.3, 0.4) is 0 Å². The molecule has 5 nitrogen and oxygen atoms in total. The van der Waals surface area contributed by atoms with Gasteiger partial charge in [0.15, 0.2) is 6.23 Å². The van der Waals surface area contributed by atoms with Gasteiger partial charge in [0.25, 0.3) is 5.91 Å². The zero-order chi connectivity index (χ0) is 19.6. The van der Waals surface area contributed by atoms with Crippen molar-refractivity contribution in [3.63, 3.8) is 0 Å². The minimum atomic E-state index is -0.634. The van der Waals surface area contributed by atoms with Crippen molar-refractivity contribution in [3.05, 3.63) is 69.7 Å². The van der Waals surface area contributed by atoms with Gasteiger partial charge < -0.3 is 4.74 Å². The molecule has 1 N–H and O–H groups in total. The summed E-state index contributed by atoms with van der Waals surface area (Å²) >= 11 is 12.9. The summed E-state index contributed by atoms with van der Waals surface area (Å²) in [5.74, 6) is -0.235. The molecule has 27 heavy (non-hydrogen) atoms. The lowest BCUT2D eigenvalue weighted by Crippen LogP contribution is -2.58. The third-order valence-corrected chi connectivity index (χ3v) is 5.29. The number of carbonyl (C=O) groups excluding carboxylic acids is 1. The van der Waals surface area contributed by atoms with Gasteiger partial charge in [-0.05, 0) is 18.1 Å². The third kappa shape index (κ3) is 3.98. The van der Waals surface area contributed by atoms with E-state index < -0.39 is 18.5 Å². The summed E-state index contributed by atoms with van der Waals surface area (Å²) in [5.41, 5.74) is 4.02. The van der Waals surface area contributed by atoms with Crippen LogP contribution in [0.1, 0.15) is 37.4 Å². The number of nitrogens with one attached hydrogen (secondary N) is 1. The summed E-state index contributed by atoms with van der Waals surface area (Å²) in [6, 6.07) is 14.3. The van der Waals surface area contributed by atoms with Gasteiger partial charge in [-0.3, -0.25) is 4.79 Å². The molecule has 7 heteroatoms. The minimum Gasteiger partial charge on any atom is -0.362 e. The van der Waals surface area contributed by atoms with Crippen LogP contribution in [-0.2, 0) is 14.4 Å². The van der Waals surface area contributed by atoms with Gasteiger partial charge in [0.2, 0.25) is 0 Å². The van der Waals surface area contributed by atoms with Crippen LogP contribution in [0.4, 0.5) is 0 Å².